The molecular formula is C14H14ClFN2O. The van der Waals surface area contributed by atoms with Crippen LogP contribution in [0.2, 0.25) is 5.02 Å². The van der Waals surface area contributed by atoms with Crippen LogP contribution in [0.4, 0.5) is 4.39 Å². The van der Waals surface area contributed by atoms with Gasteiger partial charge in [-0.25, -0.2) is 4.39 Å². The van der Waals surface area contributed by atoms with E-state index in [1.54, 1.807) is 6.07 Å². The van der Waals surface area contributed by atoms with E-state index in [9.17, 15) is 14.4 Å². The van der Waals surface area contributed by atoms with E-state index in [-0.39, 0.29) is 22.9 Å². The number of rotatable bonds is 3. The molecule has 0 unspecified atom stereocenters. The third-order valence-electron chi connectivity index (χ3n) is 3.45. The molecule has 0 saturated heterocycles. The SMILES string of the molecule is N#CC1(NC(=O)Cc2c(F)cccc2Cl)CCCC1. The largest absolute Gasteiger partial charge is 0.338 e. The Morgan fingerprint density at radius 2 is 2.16 bits per heavy atom. The molecular weight excluding hydrogens is 267 g/mol. The maximum Gasteiger partial charge on any atom is 0.225 e. The molecule has 2 rings (SSSR count). The van der Waals surface area contributed by atoms with Crippen LogP contribution in [0.1, 0.15) is 31.2 Å². The molecule has 19 heavy (non-hydrogen) atoms. The van der Waals surface area contributed by atoms with Gasteiger partial charge in [0.25, 0.3) is 0 Å². The first-order chi connectivity index (χ1) is 9.06. The molecule has 0 aliphatic heterocycles. The molecule has 1 fully saturated rings. The second-order valence-electron chi connectivity index (χ2n) is 4.83. The highest BCUT2D eigenvalue weighted by atomic mass is 35.5. The van der Waals surface area contributed by atoms with E-state index in [4.69, 9.17) is 11.6 Å². The van der Waals surface area contributed by atoms with E-state index >= 15 is 0 Å². The third kappa shape index (κ3) is 3.05. The van der Waals surface area contributed by atoms with Crippen molar-refractivity contribution in [2.24, 2.45) is 0 Å². The van der Waals surface area contributed by atoms with Crippen molar-refractivity contribution in [1.82, 2.24) is 5.32 Å². The Labute approximate surface area is 116 Å². The monoisotopic (exact) mass is 280 g/mol. The summed E-state index contributed by atoms with van der Waals surface area (Å²) in [4.78, 5) is 11.9. The fourth-order valence-corrected chi connectivity index (χ4v) is 2.65. The molecule has 1 aliphatic carbocycles. The quantitative estimate of drug-likeness (QED) is 0.925. The van der Waals surface area contributed by atoms with Gasteiger partial charge in [-0.1, -0.05) is 17.7 Å². The minimum absolute atomic E-state index is 0.144. The Kier molecular flexibility index (Phi) is 4.06. The van der Waals surface area contributed by atoms with Crippen LogP contribution in [-0.4, -0.2) is 11.4 Å². The Hall–Kier alpha value is -1.60. The number of nitrogens with zero attached hydrogens (tertiary/aromatic N) is 1. The molecule has 5 heteroatoms. The number of hydrogen-bond donors (Lipinski definition) is 1. The number of nitriles is 1. The van der Waals surface area contributed by atoms with E-state index in [1.165, 1.54) is 12.1 Å². The van der Waals surface area contributed by atoms with Crippen LogP contribution in [0.3, 0.4) is 0 Å². The zero-order valence-electron chi connectivity index (χ0n) is 10.4. The zero-order valence-corrected chi connectivity index (χ0v) is 11.1. The lowest BCUT2D eigenvalue weighted by molar-refractivity contribution is -0.121. The van der Waals surface area contributed by atoms with Gasteiger partial charge in [0.05, 0.1) is 12.5 Å². The second-order valence-corrected chi connectivity index (χ2v) is 5.23. The molecule has 0 bridgehead atoms. The molecule has 0 atom stereocenters. The maximum atomic E-state index is 13.6. The Bertz CT molecular complexity index is 512. The molecule has 1 saturated carbocycles. The number of nitrogens with one attached hydrogen (secondary N) is 1. The van der Waals surface area contributed by atoms with Crippen molar-refractivity contribution in [1.29, 1.82) is 5.26 Å². The van der Waals surface area contributed by atoms with E-state index in [2.05, 4.69) is 11.4 Å². The average molecular weight is 281 g/mol. The molecule has 0 aromatic heterocycles. The Balaban J connectivity index is 2.08. The molecule has 1 aromatic carbocycles. The van der Waals surface area contributed by atoms with Crippen molar-refractivity contribution in [2.45, 2.75) is 37.6 Å². The van der Waals surface area contributed by atoms with Crippen LogP contribution >= 0.6 is 11.6 Å². The van der Waals surface area contributed by atoms with E-state index < -0.39 is 11.4 Å². The van der Waals surface area contributed by atoms with E-state index in [0.717, 1.165) is 12.8 Å². The first kappa shape index (κ1) is 13.8. The standard InChI is InChI=1S/C14H14ClFN2O/c15-11-4-3-5-12(16)10(11)8-13(19)18-14(9-17)6-1-2-7-14/h3-5H,1-2,6-8H2,(H,18,19). The van der Waals surface area contributed by atoms with Crippen molar-refractivity contribution in [3.05, 3.63) is 34.6 Å². The number of halogens is 2. The van der Waals surface area contributed by atoms with E-state index in [0.29, 0.717) is 12.8 Å². The topological polar surface area (TPSA) is 52.9 Å². The molecule has 3 nitrogen and oxygen atoms in total. The second kappa shape index (κ2) is 5.58. The van der Waals surface area contributed by atoms with Gasteiger partial charge in [0, 0.05) is 10.6 Å². The molecule has 0 spiro atoms. The summed E-state index contributed by atoms with van der Waals surface area (Å²) in [5.74, 6) is -0.865. The number of hydrogen-bond acceptors (Lipinski definition) is 2. The summed E-state index contributed by atoms with van der Waals surface area (Å²) in [6, 6.07) is 6.47. The number of carbonyl (C=O) groups excluding carboxylic acids is 1. The van der Waals surface area contributed by atoms with Gasteiger partial charge < -0.3 is 5.32 Å². The predicted octanol–water partition coefficient (Wildman–Crippen LogP) is 2.97. The van der Waals surface area contributed by atoms with Crippen molar-refractivity contribution in [3.63, 3.8) is 0 Å². The molecule has 1 amide bonds. The highest BCUT2D eigenvalue weighted by Gasteiger charge is 2.35. The highest BCUT2D eigenvalue weighted by Crippen LogP contribution is 2.29. The lowest BCUT2D eigenvalue weighted by Gasteiger charge is -2.22. The van der Waals surface area contributed by atoms with Crippen LogP contribution in [0.25, 0.3) is 0 Å². The fourth-order valence-electron chi connectivity index (χ4n) is 2.42. The highest BCUT2D eigenvalue weighted by molar-refractivity contribution is 6.31. The van der Waals surface area contributed by atoms with Crippen LogP contribution in [0.15, 0.2) is 18.2 Å². The molecule has 1 aliphatic rings. The van der Waals surface area contributed by atoms with Gasteiger partial charge in [-0.05, 0) is 37.8 Å². The third-order valence-corrected chi connectivity index (χ3v) is 3.80. The molecule has 0 heterocycles. The zero-order chi connectivity index (χ0) is 13.9. The summed E-state index contributed by atoms with van der Waals surface area (Å²) in [6.45, 7) is 0. The van der Waals surface area contributed by atoms with Gasteiger partial charge in [-0.3, -0.25) is 4.79 Å². The average Bonchev–Trinajstić information content (AvgIpc) is 2.83. The number of amides is 1. The predicted molar refractivity (Wildman–Crippen MR) is 70.1 cm³/mol. The van der Waals surface area contributed by atoms with Crippen LogP contribution in [0, 0.1) is 17.1 Å². The number of carbonyl (C=O) groups is 1. The van der Waals surface area contributed by atoms with Crippen LogP contribution < -0.4 is 5.32 Å². The van der Waals surface area contributed by atoms with Crippen molar-refractivity contribution in [3.8, 4) is 6.07 Å². The van der Waals surface area contributed by atoms with Crippen LogP contribution in [0.5, 0.6) is 0 Å². The van der Waals surface area contributed by atoms with Gasteiger partial charge in [-0.2, -0.15) is 5.26 Å². The smallest absolute Gasteiger partial charge is 0.225 e. The molecule has 1 aromatic rings. The first-order valence-corrected chi connectivity index (χ1v) is 6.59. The minimum atomic E-state index is -0.783. The van der Waals surface area contributed by atoms with Crippen molar-refractivity contribution in [2.75, 3.05) is 0 Å². The summed E-state index contributed by atoms with van der Waals surface area (Å²) < 4.78 is 13.6. The minimum Gasteiger partial charge on any atom is -0.338 e. The summed E-state index contributed by atoms with van der Waals surface area (Å²) in [6.07, 6.45) is 3.01. The van der Waals surface area contributed by atoms with Gasteiger partial charge >= 0.3 is 0 Å². The summed E-state index contributed by atoms with van der Waals surface area (Å²) in [5, 5.41) is 12.1. The molecule has 1 N–H and O–H groups in total. The molecule has 100 valence electrons. The van der Waals surface area contributed by atoms with Crippen LogP contribution in [-0.2, 0) is 11.2 Å². The Morgan fingerprint density at radius 3 is 2.74 bits per heavy atom. The maximum absolute atomic E-state index is 13.6. The lowest BCUT2D eigenvalue weighted by atomic mass is 9.99. The van der Waals surface area contributed by atoms with Gasteiger partial charge in [0.2, 0.25) is 5.91 Å². The van der Waals surface area contributed by atoms with Gasteiger partial charge in [0.15, 0.2) is 0 Å². The summed E-state index contributed by atoms with van der Waals surface area (Å²) in [5.41, 5.74) is -0.609. The summed E-state index contributed by atoms with van der Waals surface area (Å²) >= 11 is 5.87. The molecule has 0 radical (unpaired) electrons. The van der Waals surface area contributed by atoms with Gasteiger partial charge in [0.1, 0.15) is 11.4 Å². The van der Waals surface area contributed by atoms with Crippen molar-refractivity contribution < 1.29 is 9.18 Å². The summed E-state index contributed by atoms with van der Waals surface area (Å²) in [7, 11) is 0. The fraction of sp³-hybridized carbons (Fsp3) is 0.429. The first-order valence-electron chi connectivity index (χ1n) is 6.21. The van der Waals surface area contributed by atoms with Gasteiger partial charge in [-0.15, -0.1) is 0 Å². The van der Waals surface area contributed by atoms with Crippen molar-refractivity contribution >= 4 is 17.5 Å². The lowest BCUT2D eigenvalue weighted by Crippen LogP contribution is -2.45. The number of benzene rings is 1. The van der Waals surface area contributed by atoms with E-state index in [1.807, 2.05) is 0 Å². The normalized spacial score (nSPS) is 16.9. The Morgan fingerprint density at radius 1 is 1.47 bits per heavy atom.